The Morgan fingerprint density at radius 3 is 3.05 bits per heavy atom. The maximum absolute atomic E-state index is 5.93. The number of rotatable bonds is 4. The summed E-state index contributed by atoms with van der Waals surface area (Å²) in [4.78, 5) is 8.34. The summed E-state index contributed by atoms with van der Waals surface area (Å²) in [7, 11) is 1.81. The molecule has 8 heteroatoms. The summed E-state index contributed by atoms with van der Waals surface area (Å²) in [6.45, 7) is 0.452. The molecule has 7 nitrogen and oxygen atoms in total. The fraction of sp³-hybridized carbons (Fsp3) is 0.167. The molecule has 0 fully saturated rings. The van der Waals surface area contributed by atoms with Crippen LogP contribution in [0.5, 0.6) is 0 Å². The summed E-state index contributed by atoms with van der Waals surface area (Å²) in [6.07, 6.45) is 1.49. The van der Waals surface area contributed by atoms with Crippen LogP contribution in [-0.4, -0.2) is 24.9 Å². The highest BCUT2D eigenvalue weighted by Crippen LogP contribution is 2.21. The molecule has 0 atom stereocenters. The quantitative estimate of drug-likeness (QED) is 0.792. The highest BCUT2D eigenvalue weighted by Gasteiger charge is 2.09. The first-order chi connectivity index (χ1) is 9.72. The van der Waals surface area contributed by atoms with Gasteiger partial charge in [0.15, 0.2) is 0 Å². The zero-order chi connectivity index (χ0) is 13.9. The Bertz CT molecular complexity index is 722. The zero-order valence-electron chi connectivity index (χ0n) is 10.6. The molecule has 2 aromatic heterocycles. The third kappa shape index (κ3) is 2.62. The monoisotopic (exact) mass is 290 g/mol. The van der Waals surface area contributed by atoms with Gasteiger partial charge in [-0.3, -0.25) is 4.68 Å². The smallest absolute Gasteiger partial charge is 0.322 e. The van der Waals surface area contributed by atoms with Gasteiger partial charge in [-0.1, -0.05) is 28.9 Å². The van der Waals surface area contributed by atoms with E-state index in [9.17, 15) is 0 Å². The molecule has 20 heavy (non-hydrogen) atoms. The third-order valence-corrected chi connectivity index (χ3v) is 2.95. The van der Waals surface area contributed by atoms with E-state index in [0.29, 0.717) is 23.4 Å². The Balaban J connectivity index is 1.72. The molecule has 1 aromatic carbocycles. The normalized spacial score (nSPS) is 10.7. The molecule has 3 aromatic rings. The number of aromatic nitrogens is 5. The lowest BCUT2D eigenvalue weighted by atomic mass is 10.2. The number of aryl methyl sites for hydroxylation is 1. The van der Waals surface area contributed by atoms with Gasteiger partial charge in [0.2, 0.25) is 5.82 Å². The van der Waals surface area contributed by atoms with Gasteiger partial charge in [-0.15, -0.1) is 0 Å². The van der Waals surface area contributed by atoms with Crippen molar-refractivity contribution in [2.24, 2.45) is 7.05 Å². The molecule has 0 unspecified atom stereocenters. The van der Waals surface area contributed by atoms with Crippen molar-refractivity contribution in [2.75, 3.05) is 5.32 Å². The largest absolute Gasteiger partial charge is 0.330 e. The predicted molar refractivity (Wildman–Crippen MR) is 73.1 cm³/mol. The first kappa shape index (κ1) is 12.6. The van der Waals surface area contributed by atoms with E-state index in [2.05, 4.69) is 25.5 Å². The van der Waals surface area contributed by atoms with Crippen LogP contribution in [0.4, 0.5) is 6.01 Å². The molecule has 0 bridgehead atoms. The first-order valence-corrected chi connectivity index (χ1v) is 6.26. The van der Waals surface area contributed by atoms with Gasteiger partial charge in [-0.25, -0.2) is 4.98 Å². The van der Waals surface area contributed by atoms with Gasteiger partial charge >= 0.3 is 6.01 Å². The fourth-order valence-electron chi connectivity index (χ4n) is 1.67. The number of nitrogens with zero attached hydrogens (tertiary/aromatic N) is 5. The minimum atomic E-state index is 0.322. The molecular weight excluding hydrogens is 280 g/mol. The van der Waals surface area contributed by atoms with Crippen LogP contribution in [0.3, 0.4) is 0 Å². The van der Waals surface area contributed by atoms with Crippen molar-refractivity contribution in [1.29, 1.82) is 0 Å². The number of anilines is 1. The SMILES string of the molecule is Cn1ncnc1CNc1nc(-c2cccc(Cl)c2)no1. The zero-order valence-corrected chi connectivity index (χ0v) is 11.4. The minimum Gasteiger partial charge on any atom is -0.330 e. The van der Waals surface area contributed by atoms with Crippen LogP contribution < -0.4 is 5.32 Å². The van der Waals surface area contributed by atoms with Crippen LogP contribution in [-0.2, 0) is 13.6 Å². The number of hydrogen-bond donors (Lipinski definition) is 1. The van der Waals surface area contributed by atoms with Crippen LogP contribution in [0.2, 0.25) is 5.02 Å². The number of nitrogens with one attached hydrogen (secondary N) is 1. The highest BCUT2D eigenvalue weighted by atomic mass is 35.5. The van der Waals surface area contributed by atoms with Gasteiger partial charge < -0.3 is 9.84 Å². The predicted octanol–water partition coefficient (Wildman–Crippen LogP) is 2.13. The number of benzene rings is 1. The Morgan fingerprint density at radius 2 is 2.30 bits per heavy atom. The minimum absolute atomic E-state index is 0.322. The van der Waals surface area contributed by atoms with Crippen molar-refractivity contribution >= 4 is 17.6 Å². The van der Waals surface area contributed by atoms with Gasteiger partial charge in [-0.2, -0.15) is 10.1 Å². The molecule has 102 valence electrons. The molecule has 0 spiro atoms. The van der Waals surface area contributed by atoms with Crippen molar-refractivity contribution < 1.29 is 4.52 Å². The maximum atomic E-state index is 5.93. The summed E-state index contributed by atoms with van der Waals surface area (Å²) in [5.41, 5.74) is 0.799. The van der Waals surface area contributed by atoms with Gasteiger partial charge in [0, 0.05) is 17.6 Å². The standard InChI is InChI=1S/C12H11ClN6O/c1-19-10(15-7-16-19)6-14-12-17-11(18-20-12)8-3-2-4-9(13)5-8/h2-5,7H,6H2,1H3,(H,14,17,18). The molecule has 0 radical (unpaired) electrons. The van der Waals surface area contributed by atoms with Crippen molar-refractivity contribution in [2.45, 2.75) is 6.54 Å². The highest BCUT2D eigenvalue weighted by molar-refractivity contribution is 6.30. The van der Waals surface area contributed by atoms with Gasteiger partial charge in [0.25, 0.3) is 0 Å². The van der Waals surface area contributed by atoms with Gasteiger partial charge in [0.1, 0.15) is 12.2 Å². The molecule has 0 aliphatic rings. The van der Waals surface area contributed by atoms with E-state index in [1.165, 1.54) is 6.33 Å². The van der Waals surface area contributed by atoms with Gasteiger partial charge in [-0.05, 0) is 12.1 Å². The fourth-order valence-corrected chi connectivity index (χ4v) is 1.87. The second-order valence-electron chi connectivity index (χ2n) is 4.09. The summed E-state index contributed by atoms with van der Waals surface area (Å²) < 4.78 is 6.79. The summed E-state index contributed by atoms with van der Waals surface area (Å²) in [6, 6.07) is 7.59. The van der Waals surface area contributed by atoms with E-state index < -0.39 is 0 Å². The van der Waals surface area contributed by atoms with Crippen molar-refractivity contribution in [3.8, 4) is 11.4 Å². The Labute approximate surface area is 119 Å². The Hall–Kier alpha value is -2.41. The number of hydrogen-bond acceptors (Lipinski definition) is 6. The lowest BCUT2D eigenvalue weighted by molar-refractivity contribution is 0.431. The van der Waals surface area contributed by atoms with E-state index >= 15 is 0 Å². The summed E-state index contributed by atoms with van der Waals surface area (Å²) in [5.74, 6) is 1.25. The molecule has 0 saturated heterocycles. The second-order valence-corrected chi connectivity index (χ2v) is 4.52. The Kier molecular flexibility index (Phi) is 3.34. The van der Waals surface area contributed by atoms with Crippen LogP contribution in [0.25, 0.3) is 11.4 Å². The summed E-state index contributed by atoms with van der Waals surface area (Å²) in [5, 5.41) is 11.5. The van der Waals surface area contributed by atoms with Crippen LogP contribution >= 0.6 is 11.6 Å². The van der Waals surface area contributed by atoms with Crippen LogP contribution in [0.15, 0.2) is 35.1 Å². The van der Waals surface area contributed by atoms with Crippen molar-refractivity contribution in [3.05, 3.63) is 41.4 Å². The molecule has 2 heterocycles. The Morgan fingerprint density at radius 1 is 1.40 bits per heavy atom. The van der Waals surface area contributed by atoms with E-state index in [1.54, 1.807) is 16.8 Å². The first-order valence-electron chi connectivity index (χ1n) is 5.89. The molecule has 0 aliphatic heterocycles. The van der Waals surface area contributed by atoms with Crippen molar-refractivity contribution in [3.63, 3.8) is 0 Å². The average Bonchev–Trinajstić information content (AvgIpc) is 3.05. The van der Waals surface area contributed by atoms with Crippen LogP contribution in [0, 0.1) is 0 Å². The average molecular weight is 291 g/mol. The third-order valence-electron chi connectivity index (χ3n) is 2.71. The van der Waals surface area contributed by atoms with E-state index in [4.69, 9.17) is 16.1 Å². The van der Waals surface area contributed by atoms with Crippen molar-refractivity contribution in [1.82, 2.24) is 24.9 Å². The van der Waals surface area contributed by atoms with Crippen LogP contribution in [0.1, 0.15) is 5.82 Å². The van der Waals surface area contributed by atoms with E-state index in [0.717, 1.165) is 11.4 Å². The van der Waals surface area contributed by atoms with E-state index in [1.807, 2.05) is 19.2 Å². The molecular formula is C12H11ClN6O. The summed E-state index contributed by atoms with van der Waals surface area (Å²) >= 11 is 5.93. The topological polar surface area (TPSA) is 81.7 Å². The molecule has 1 N–H and O–H groups in total. The second kappa shape index (κ2) is 5.30. The van der Waals surface area contributed by atoms with Gasteiger partial charge in [0.05, 0.1) is 6.54 Å². The molecule has 0 amide bonds. The molecule has 0 aliphatic carbocycles. The molecule has 0 saturated carbocycles. The van der Waals surface area contributed by atoms with E-state index in [-0.39, 0.29) is 0 Å². The lowest BCUT2D eigenvalue weighted by Crippen LogP contribution is -2.06. The lowest BCUT2D eigenvalue weighted by Gasteiger charge is -1.99. The number of halogens is 1. The maximum Gasteiger partial charge on any atom is 0.322 e. The molecule has 3 rings (SSSR count).